The number of aromatic nitrogens is 3. The van der Waals surface area contributed by atoms with Gasteiger partial charge in [0.1, 0.15) is 10.7 Å². The molecule has 0 radical (unpaired) electrons. The summed E-state index contributed by atoms with van der Waals surface area (Å²) in [6, 6.07) is 3.99. The number of aryl methyl sites for hydroxylation is 2. The van der Waals surface area contributed by atoms with E-state index < -0.39 is 0 Å². The number of nitrogens with one attached hydrogen (secondary N) is 1. The molecule has 5 heteroatoms. The summed E-state index contributed by atoms with van der Waals surface area (Å²) < 4.78 is 0. The van der Waals surface area contributed by atoms with Crippen molar-refractivity contribution in [3.8, 4) is 10.7 Å². The molecule has 0 amide bonds. The molecule has 1 N–H and O–H groups in total. The van der Waals surface area contributed by atoms with Gasteiger partial charge in [0, 0.05) is 12.6 Å². The van der Waals surface area contributed by atoms with E-state index in [4.69, 9.17) is 0 Å². The van der Waals surface area contributed by atoms with Gasteiger partial charge in [-0.05, 0) is 38.1 Å². The Hall–Kier alpha value is -1.33. The van der Waals surface area contributed by atoms with Gasteiger partial charge in [0.2, 0.25) is 0 Å². The van der Waals surface area contributed by atoms with Gasteiger partial charge in [0.05, 0.1) is 0 Å². The van der Waals surface area contributed by atoms with Crippen molar-refractivity contribution in [2.24, 2.45) is 0 Å². The number of hydrogen-bond acceptors (Lipinski definition) is 5. The van der Waals surface area contributed by atoms with Crippen LogP contribution in [0.4, 0.5) is 0 Å². The van der Waals surface area contributed by atoms with Crippen molar-refractivity contribution in [1.29, 1.82) is 0 Å². The lowest BCUT2D eigenvalue weighted by Crippen LogP contribution is -2.14. The quantitative estimate of drug-likeness (QED) is 0.812. The Kier molecular flexibility index (Phi) is 4.78. The average Bonchev–Trinajstić information content (AvgIpc) is 2.84. The molecule has 2 rings (SSSR count). The van der Waals surface area contributed by atoms with Crippen LogP contribution >= 0.6 is 11.3 Å². The number of rotatable bonds is 6. The molecule has 0 aliphatic carbocycles. The molecule has 2 heterocycles. The second-order valence-corrected chi connectivity index (χ2v) is 5.19. The van der Waals surface area contributed by atoms with E-state index in [1.54, 1.807) is 17.5 Å². The topological polar surface area (TPSA) is 50.7 Å². The first-order valence-electron chi connectivity index (χ1n) is 6.26. The minimum absolute atomic E-state index is 0.923. The highest BCUT2D eigenvalue weighted by molar-refractivity contribution is 7.14. The van der Waals surface area contributed by atoms with Crippen LogP contribution < -0.4 is 5.32 Å². The molecule has 0 spiro atoms. The van der Waals surface area contributed by atoms with Crippen molar-refractivity contribution < 1.29 is 0 Å². The Morgan fingerprint density at radius 3 is 3.00 bits per heavy atom. The van der Waals surface area contributed by atoms with Crippen molar-refractivity contribution >= 4 is 11.3 Å². The van der Waals surface area contributed by atoms with Crippen molar-refractivity contribution in [2.45, 2.75) is 26.7 Å². The fourth-order valence-electron chi connectivity index (χ4n) is 1.70. The normalized spacial score (nSPS) is 10.8. The van der Waals surface area contributed by atoms with E-state index in [-0.39, 0.29) is 0 Å². The van der Waals surface area contributed by atoms with E-state index in [1.807, 2.05) is 6.07 Å². The monoisotopic (exact) mass is 262 g/mol. The molecule has 0 fully saturated rings. The Morgan fingerprint density at radius 1 is 1.33 bits per heavy atom. The molecule has 2 aromatic heterocycles. The highest BCUT2D eigenvalue weighted by Crippen LogP contribution is 2.24. The minimum Gasteiger partial charge on any atom is -0.317 e. The zero-order chi connectivity index (χ0) is 12.8. The van der Waals surface area contributed by atoms with E-state index in [0.29, 0.717) is 0 Å². The molecule has 18 heavy (non-hydrogen) atoms. The summed E-state index contributed by atoms with van der Waals surface area (Å²) in [5.41, 5.74) is 2.10. The van der Waals surface area contributed by atoms with Crippen molar-refractivity contribution in [3.05, 3.63) is 28.9 Å². The van der Waals surface area contributed by atoms with Gasteiger partial charge in [-0.2, -0.15) is 0 Å². The molecular weight excluding hydrogens is 244 g/mol. The molecule has 0 saturated carbocycles. The lowest BCUT2D eigenvalue weighted by atomic mass is 10.2. The SMILES string of the molecule is CCNCCCc1nnc(-c2ncccc2C)s1. The van der Waals surface area contributed by atoms with Crippen LogP contribution in [0.25, 0.3) is 10.7 Å². The first-order valence-corrected chi connectivity index (χ1v) is 7.08. The number of hydrogen-bond donors (Lipinski definition) is 1. The Balaban J connectivity index is 2.00. The van der Waals surface area contributed by atoms with E-state index in [2.05, 4.69) is 40.4 Å². The zero-order valence-corrected chi connectivity index (χ0v) is 11.6. The maximum absolute atomic E-state index is 4.37. The summed E-state index contributed by atoms with van der Waals surface area (Å²) in [4.78, 5) is 4.37. The Morgan fingerprint density at radius 2 is 2.22 bits per heavy atom. The fourth-order valence-corrected chi connectivity index (χ4v) is 2.64. The Labute approximate surface area is 111 Å². The molecule has 0 unspecified atom stereocenters. The molecule has 96 valence electrons. The molecule has 0 atom stereocenters. The van der Waals surface area contributed by atoms with Crippen molar-refractivity contribution in [3.63, 3.8) is 0 Å². The smallest absolute Gasteiger partial charge is 0.166 e. The summed E-state index contributed by atoms with van der Waals surface area (Å²) in [5, 5.41) is 13.8. The second kappa shape index (κ2) is 6.56. The van der Waals surface area contributed by atoms with Crippen molar-refractivity contribution in [2.75, 3.05) is 13.1 Å². The standard InChI is InChI=1S/C13H18N4S/c1-3-14-8-5-7-11-16-17-13(18-11)12-10(2)6-4-9-15-12/h4,6,9,14H,3,5,7-8H2,1-2H3. The van der Waals surface area contributed by atoms with E-state index in [0.717, 1.165) is 47.2 Å². The lowest BCUT2D eigenvalue weighted by molar-refractivity contribution is 0.669. The predicted molar refractivity (Wildman–Crippen MR) is 74.7 cm³/mol. The molecule has 2 aromatic rings. The summed E-state index contributed by atoms with van der Waals surface area (Å²) in [6.45, 7) is 6.23. The van der Waals surface area contributed by atoms with Crippen LogP contribution in [0.3, 0.4) is 0 Å². The third kappa shape index (κ3) is 3.34. The third-order valence-electron chi connectivity index (χ3n) is 2.67. The fraction of sp³-hybridized carbons (Fsp3) is 0.462. The summed E-state index contributed by atoms with van der Waals surface area (Å²) in [5.74, 6) is 0. The van der Waals surface area contributed by atoms with Crippen molar-refractivity contribution in [1.82, 2.24) is 20.5 Å². The molecule has 0 aromatic carbocycles. The maximum atomic E-state index is 4.37. The summed E-state index contributed by atoms with van der Waals surface area (Å²) in [7, 11) is 0. The van der Waals surface area contributed by atoms with Gasteiger partial charge in [-0.1, -0.05) is 24.3 Å². The van der Waals surface area contributed by atoms with Gasteiger partial charge in [-0.25, -0.2) is 0 Å². The highest BCUT2D eigenvalue weighted by atomic mass is 32.1. The minimum atomic E-state index is 0.923. The summed E-state index contributed by atoms with van der Waals surface area (Å²) in [6.07, 6.45) is 3.88. The van der Waals surface area contributed by atoms with E-state index >= 15 is 0 Å². The van der Waals surface area contributed by atoms with Crippen LogP contribution in [0.1, 0.15) is 23.9 Å². The summed E-state index contributed by atoms with van der Waals surface area (Å²) >= 11 is 1.65. The van der Waals surface area contributed by atoms with Crippen LogP contribution in [-0.4, -0.2) is 28.3 Å². The van der Waals surface area contributed by atoms with Gasteiger partial charge in [0.15, 0.2) is 5.01 Å². The number of pyridine rings is 1. The van der Waals surface area contributed by atoms with E-state index in [9.17, 15) is 0 Å². The molecule has 4 nitrogen and oxygen atoms in total. The van der Waals surface area contributed by atoms with E-state index in [1.165, 1.54) is 0 Å². The highest BCUT2D eigenvalue weighted by Gasteiger charge is 2.09. The van der Waals surface area contributed by atoms with Crippen LogP contribution in [0, 0.1) is 6.92 Å². The van der Waals surface area contributed by atoms with Crippen LogP contribution in [0.15, 0.2) is 18.3 Å². The first kappa shape index (κ1) is 13.1. The lowest BCUT2D eigenvalue weighted by Gasteiger charge is -1.98. The molecule has 0 aliphatic heterocycles. The van der Waals surface area contributed by atoms with Crippen LogP contribution in [0.2, 0.25) is 0 Å². The largest absolute Gasteiger partial charge is 0.317 e. The van der Waals surface area contributed by atoms with Gasteiger partial charge >= 0.3 is 0 Å². The molecule has 0 bridgehead atoms. The maximum Gasteiger partial charge on any atom is 0.166 e. The van der Waals surface area contributed by atoms with Gasteiger partial charge in [0.25, 0.3) is 0 Å². The molecular formula is C13H18N4S. The predicted octanol–water partition coefficient (Wildman–Crippen LogP) is 2.45. The molecule has 0 saturated heterocycles. The van der Waals surface area contributed by atoms with Gasteiger partial charge < -0.3 is 5.32 Å². The van der Waals surface area contributed by atoms with Gasteiger partial charge in [-0.3, -0.25) is 4.98 Å². The average molecular weight is 262 g/mol. The van der Waals surface area contributed by atoms with Crippen LogP contribution in [-0.2, 0) is 6.42 Å². The number of nitrogens with zero attached hydrogens (tertiary/aromatic N) is 3. The second-order valence-electron chi connectivity index (χ2n) is 4.13. The first-order chi connectivity index (χ1) is 8.81. The Bertz CT molecular complexity index is 495. The van der Waals surface area contributed by atoms with Gasteiger partial charge in [-0.15, -0.1) is 10.2 Å². The third-order valence-corrected chi connectivity index (χ3v) is 3.66. The molecule has 0 aliphatic rings. The zero-order valence-electron chi connectivity index (χ0n) is 10.8. The van der Waals surface area contributed by atoms with Crippen LogP contribution in [0.5, 0.6) is 0 Å².